The average molecular weight is 464 g/mol. The van der Waals surface area contributed by atoms with E-state index < -0.39 is 17.7 Å². The number of carbonyl (C=O) groups excluding carboxylic acids is 2. The van der Waals surface area contributed by atoms with Crippen LogP contribution in [0.15, 0.2) is 40.6 Å². The summed E-state index contributed by atoms with van der Waals surface area (Å²) in [5, 5.41) is 11.0. The molecule has 1 amide bonds. The Balaban J connectivity index is 2.36. The lowest BCUT2D eigenvalue weighted by molar-refractivity contribution is -0.126. The first-order valence-electron chi connectivity index (χ1n) is 9.88. The third-order valence-electron chi connectivity index (χ3n) is 4.16. The number of anilines is 1. The van der Waals surface area contributed by atoms with Crippen LogP contribution >= 0.6 is 11.6 Å². The third-order valence-corrected chi connectivity index (χ3v) is 4.38. The van der Waals surface area contributed by atoms with Crippen molar-refractivity contribution in [3.05, 3.63) is 35.4 Å². The minimum absolute atomic E-state index is 0.258. The molecule has 0 heterocycles. The van der Waals surface area contributed by atoms with E-state index in [0.29, 0.717) is 46.9 Å². The molecule has 0 saturated heterocycles. The number of benzene rings is 2. The van der Waals surface area contributed by atoms with Crippen molar-refractivity contribution in [3.63, 3.8) is 0 Å². The molecule has 0 aromatic heterocycles. The van der Waals surface area contributed by atoms with Crippen LogP contribution in [0.1, 0.15) is 20.8 Å². The van der Waals surface area contributed by atoms with Crippen molar-refractivity contribution in [1.82, 2.24) is 0 Å². The molecule has 1 unspecified atom stereocenters. The lowest BCUT2D eigenvalue weighted by Crippen LogP contribution is -2.32. The topological polar surface area (TPSA) is 108 Å². The van der Waals surface area contributed by atoms with Crippen LogP contribution in [0.2, 0.25) is 5.02 Å². The number of ketones is 1. The fourth-order valence-electron chi connectivity index (χ4n) is 2.81. The quantitative estimate of drug-likeness (QED) is 0.377. The van der Waals surface area contributed by atoms with Gasteiger partial charge in [0.25, 0.3) is 5.91 Å². The molecular formula is C22H26ClN3O6. The molecule has 2 aromatic rings. The monoisotopic (exact) mass is 463 g/mol. The van der Waals surface area contributed by atoms with Gasteiger partial charge in [-0.15, -0.1) is 0 Å². The van der Waals surface area contributed by atoms with Crippen LogP contribution in [-0.2, 0) is 9.59 Å². The molecule has 0 aliphatic rings. The van der Waals surface area contributed by atoms with Crippen molar-refractivity contribution in [3.8, 4) is 23.0 Å². The predicted molar refractivity (Wildman–Crippen MR) is 121 cm³/mol. The SMILES string of the molecule is CCOc1cc(Cl)cc(NC(=O)C(N=Nc2cccc(OC)c2OC)C(C)=O)c1OCC. The van der Waals surface area contributed by atoms with E-state index in [2.05, 4.69) is 15.5 Å². The van der Waals surface area contributed by atoms with Gasteiger partial charge < -0.3 is 24.3 Å². The zero-order valence-corrected chi connectivity index (χ0v) is 19.4. The van der Waals surface area contributed by atoms with Crippen LogP contribution in [-0.4, -0.2) is 45.2 Å². The van der Waals surface area contributed by atoms with Gasteiger partial charge in [0.05, 0.1) is 33.1 Å². The van der Waals surface area contributed by atoms with E-state index in [4.69, 9.17) is 30.5 Å². The van der Waals surface area contributed by atoms with Gasteiger partial charge >= 0.3 is 0 Å². The lowest BCUT2D eigenvalue weighted by Gasteiger charge is -2.17. The number of ether oxygens (including phenoxy) is 4. The Hall–Kier alpha value is -3.33. The van der Waals surface area contributed by atoms with Crippen molar-refractivity contribution in [2.24, 2.45) is 10.2 Å². The molecule has 32 heavy (non-hydrogen) atoms. The highest BCUT2D eigenvalue weighted by Crippen LogP contribution is 2.39. The number of hydrogen-bond acceptors (Lipinski definition) is 8. The minimum atomic E-state index is -1.41. The van der Waals surface area contributed by atoms with Gasteiger partial charge in [-0.2, -0.15) is 10.2 Å². The summed E-state index contributed by atoms with van der Waals surface area (Å²) < 4.78 is 21.7. The molecule has 9 nitrogen and oxygen atoms in total. The first kappa shape index (κ1) is 24.9. The third kappa shape index (κ3) is 6.10. The van der Waals surface area contributed by atoms with Crippen molar-refractivity contribution in [1.29, 1.82) is 0 Å². The first-order chi connectivity index (χ1) is 15.4. The zero-order chi connectivity index (χ0) is 23.7. The molecular weight excluding hydrogens is 438 g/mol. The van der Waals surface area contributed by atoms with Gasteiger partial charge in [-0.1, -0.05) is 17.7 Å². The number of halogens is 1. The van der Waals surface area contributed by atoms with Crippen LogP contribution in [0.3, 0.4) is 0 Å². The molecule has 0 bridgehead atoms. The van der Waals surface area contributed by atoms with Crippen LogP contribution < -0.4 is 24.3 Å². The normalized spacial score (nSPS) is 11.7. The number of azo groups is 1. The molecule has 2 aromatic carbocycles. The highest BCUT2D eigenvalue weighted by atomic mass is 35.5. The Kier molecular flexibility index (Phi) is 9.27. The number of amides is 1. The summed E-state index contributed by atoms with van der Waals surface area (Å²) in [6, 6.07) is 6.69. The van der Waals surface area contributed by atoms with Gasteiger partial charge in [0.1, 0.15) is 5.69 Å². The molecule has 2 rings (SSSR count). The molecule has 1 N–H and O–H groups in total. The Labute approximate surface area is 191 Å². The Morgan fingerprint density at radius 2 is 1.75 bits per heavy atom. The summed E-state index contributed by atoms with van der Waals surface area (Å²) in [6.07, 6.45) is 0. The van der Waals surface area contributed by atoms with E-state index >= 15 is 0 Å². The van der Waals surface area contributed by atoms with Crippen molar-refractivity contribution >= 4 is 34.7 Å². The Bertz CT molecular complexity index is 996. The van der Waals surface area contributed by atoms with E-state index in [1.807, 2.05) is 6.92 Å². The summed E-state index contributed by atoms with van der Waals surface area (Å²) >= 11 is 6.17. The standard InChI is InChI=1S/C22H26ClN3O6/c1-6-31-18-12-14(23)11-16(21(18)32-7-2)24-22(28)19(13(3)27)26-25-15-9-8-10-17(29-4)20(15)30-5/h8-12,19H,6-7H2,1-5H3,(H,24,28). The number of nitrogens with zero attached hydrogens (tertiary/aromatic N) is 2. The maximum atomic E-state index is 12.9. The van der Waals surface area contributed by atoms with Gasteiger partial charge in [-0.05, 0) is 39.0 Å². The van der Waals surface area contributed by atoms with Crippen molar-refractivity contribution < 1.29 is 28.5 Å². The number of hydrogen-bond donors (Lipinski definition) is 1. The molecule has 1 atom stereocenters. The van der Waals surface area contributed by atoms with Gasteiger partial charge in [0.2, 0.25) is 6.04 Å². The second-order valence-electron chi connectivity index (χ2n) is 6.38. The molecule has 172 valence electrons. The number of carbonyl (C=O) groups is 2. The summed E-state index contributed by atoms with van der Waals surface area (Å²) in [7, 11) is 2.94. The molecule has 10 heteroatoms. The molecule has 0 aliphatic carbocycles. The fraction of sp³-hybridized carbons (Fsp3) is 0.364. The van der Waals surface area contributed by atoms with Gasteiger partial charge in [0, 0.05) is 11.1 Å². The van der Waals surface area contributed by atoms with Crippen LogP contribution in [0, 0.1) is 0 Å². The fourth-order valence-corrected chi connectivity index (χ4v) is 3.01. The summed E-state index contributed by atoms with van der Waals surface area (Å²) in [5.41, 5.74) is 0.565. The number of methoxy groups -OCH3 is 2. The highest BCUT2D eigenvalue weighted by Gasteiger charge is 2.26. The number of Topliss-reactive ketones (excluding diaryl/α,β-unsaturated/α-hetero) is 1. The molecule has 0 aliphatic heterocycles. The largest absolute Gasteiger partial charge is 0.493 e. The first-order valence-corrected chi connectivity index (χ1v) is 10.3. The van der Waals surface area contributed by atoms with Crippen molar-refractivity contribution in [2.75, 3.05) is 32.8 Å². The van der Waals surface area contributed by atoms with E-state index in [9.17, 15) is 9.59 Å². The van der Waals surface area contributed by atoms with E-state index in [1.165, 1.54) is 27.2 Å². The second kappa shape index (κ2) is 11.9. The van der Waals surface area contributed by atoms with Gasteiger partial charge in [0.15, 0.2) is 28.8 Å². The number of nitrogens with one attached hydrogen (secondary N) is 1. The van der Waals surface area contributed by atoms with Gasteiger partial charge in [-0.25, -0.2) is 0 Å². The highest BCUT2D eigenvalue weighted by molar-refractivity contribution is 6.31. The van der Waals surface area contributed by atoms with Crippen molar-refractivity contribution in [2.45, 2.75) is 26.8 Å². The number of para-hydroxylation sites is 1. The second-order valence-corrected chi connectivity index (χ2v) is 6.81. The summed E-state index contributed by atoms with van der Waals surface area (Å²) in [6.45, 7) is 5.56. The molecule has 0 radical (unpaired) electrons. The Morgan fingerprint density at radius 3 is 2.34 bits per heavy atom. The maximum Gasteiger partial charge on any atom is 0.258 e. The van der Waals surface area contributed by atoms with Crippen LogP contribution in [0.5, 0.6) is 23.0 Å². The minimum Gasteiger partial charge on any atom is -0.493 e. The van der Waals surface area contributed by atoms with E-state index in [1.54, 1.807) is 31.2 Å². The maximum absolute atomic E-state index is 12.9. The smallest absolute Gasteiger partial charge is 0.258 e. The summed E-state index contributed by atoms with van der Waals surface area (Å²) in [4.78, 5) is 25.1. The average Bonchev–Trinajstić information content (AvgIpc) is 2.75. The van der Waals surface area contributed by atoms with Crippen LogP contribution in [0.4, 0.5) is 11.4 Å². The van der Waals surface area contributed by atoms with E-state index in [-0.39, 0.29) is 5.69 Å². The Morgan fingerprint density at radius 1 is 1.03 bits per heavy atom. The molecule has 0 spiro atoms. The molecule has 0 saturated carbocycles. The zero-order valence-electron chi connectivity index (χ0n) is 18.6. The molecule has 0 fully saturated rings. The van der Waals surface area contributed by atoms with Gasteiger partial charge in [-0.3, -0.25) is 9.59 Å². The predicted octanol–water partition coefficient (Wildman–Crippen LogP) is 4.83. The number of rotatable bonds is 11. The van der Waals surface area contributed by atoms with Crippen LogP contribution in [0.25, 0.3) is 0 Å². The van der Waals surface area contributed by atoms with E-state index in [0.717, 1.165) is 0 Å². The lowest BCUT2D eigenvalue weighted by atomic mass is 10.2. The summed E-state index contributed by atoms with van der Waals surface area (Å²) in [5.74, 6) is 0.250.